The number of nitrogens with one attached hydrogen (secondary N) is 2. The van der Waals surface area contributed by atoms with Crippen LogP contribution in [0.4, 0.5) is 23.7 Å². The Morgan fingerprint density at radius 1 is 1.30 bits per heavy atom. The first-order valence-corrected chi connectivity index (χ1v) is 5.72. The van der Waals surface area contributed by atoms with Crippen molar-refractivity contribution in [2.24, 2.45) is 0 Å². The van der Waals surface area contributed by atoms with Gasteiger partial charge in [-0.3, -0.25) is 0 Å². The van der Waals surface area contributed by atoms with Gasteiger partial charge in [-0.05, 0) is 18.6 Å². The lowest BCUT2D eigenvalue weighted by atomic mass is 10.1. The van der Waals surface area contributed by atoms with Crippen molar-refractivity contribution in [1.82, 2.24) is 5.32 Å². The lowest BCUT2D eigenvalue weighted by Gasteiger charge is -2.16. The molecule has 1 aromatic carbocycles. The van der Waals surface area contributed by atoms with E-state index in [1.807, 2.05) is 5.32 Å². The predicted molar refractivity (Wildman–Crippen MR) is 65.3 cm³/mol. The van der Waals surface area contributed by atoms with Gasteiger partial charge in [-0.25, -0.2) is 9.59 Å². The fourth-order valence-electron chi connectivity index (χ4n) is 1.49. The predicted octanol–water partition coefficient (Wildman–Crippen LogP) is 2.69. The van der Waals surface area contributed by atoms with Crippen LogP contribution in [-0.4, -0.2) is 23.1 Å². The summed E-state index contributed by atoms with van der Waals surface area (Å²) in [7, 11) is 0. The summed E-state index contributed by atoms with van der Waals surface area (Å²) >= 11 is 0. The van der Waals surface area contributed by atoms with E-state index in [9.17, 15) is 22.8 Å². The Labute approximate surface area is 112 Å². The number of hydrogen-bond donors (Lipinski definition) is 3. The van der Waals surface area contributed by atoms with Gasteiger partial charge in [0.2, 0.25) is 0 Å². The Bertz CT molecular complexity index is 503. The molecule has 20 heavy (non-hydrogen) atoms. The summed E-state index contributed by atoms with van der Waals surface area (Å²) in [6.45, 7) is 1.53. The molecule has 0 heterocycles. The van der Waals surface area contributed by atoms with Gasteiger partial charge in [-0.2, -0.15) is 13.2 Å². The van der Waals surface area contributed by atoms with E-state index >= 15 is 0 Å². The number of amides is 2. The highest BCUT2D eigenvalue weighted by Crippen LogP contribution is 2.34. The van der Waals surface area contributed by atoms with E-state index < -0.39 is 35.5 Å². The van der Waals surface area contributed by atoms with E-state index in [4.69, 9.17) is 5.11 Å². The number of carbonyl (C=O) groups is 2. The Kier molecular flexibility index (Phi) is 4.95. The summed E-state index contributed by atoms with van der Waals surface area (Å²) < 4.78 is 38.1. The molecule has 0 saturated carbocycles. The lowest BCUT2D eigenvalue weighted by Crippen LogP contribution is -2.42. The highest BCUT2D eigenvalue weighted by Gasteiger charge is 2.33. The maximum atomic E-state index is 12.7. The minimum atomic E-state index is -4.61. The standard InChI is InChI=1S/C12H13F3N2O3/c1-2-8(10(18)19)16-11(20)17-9-6-4-3-5-7(9)12(13,14)15/h3-6,8H,2H2,1H3,(H,18,19)(H2,16,17,20)/t8-/m1/s1. The summed E-state index contributed by atoms with van der Waals surface area (Å²) in [6.07, 6.45) is -4.50. The van der Waals surface area contributed by atoms with Crippen molar-refractivity contribution in [3.8, 4) is 0 Å². The quantitative estimate of drug-likeness (QED) is 0.797. The number of urea groups is 1. The van der Waals surface area contributed by atoms with Gasteiger partial charge in [0.1, 0.15) is 6.04 Å². The smallest absolute Gasteiger partial charge is 0.418 e. The number of para-hydroxylation sites is 1. The third kappa shape index (κ3) is 4.15. The van der Waals surface area contributed by atoms with E-state index in [-0.39, 0.29) is 6.42 Å². The molecule has 8 heteroatoms. The maximum Gasteiger partial charge on any atom is 0.418 e. The van der Waals surface area contributed by atoms with Crippen LogP contribution in [0.1, 0.15) is 18.9 Å². The van der Waals surface area contributed by atoms with Gasteiger partial charge < -0.3 is 15.7 Å². The van der Waals surface area contributed by atoms with Gasteiger partial charge in [-0.15, -0.1) is 0 Å². The molecule has 1 atom stereocenters. The van der Waals surface area contributed by atoms with Gasteiger partial charge in [0.15, 0.2) is 0 Å². The van der Waals surface area contributed by atoms with Gasteiger partial charge in [0.25, 0.3) is 0 Å². The summed E-state index contributed by atoms with van der Waals surface area (Å²) in [5.74, 6) is -1.26. The first-order chi connectivity index (χ1) is 9.25. The molecule has 5 nitrogen and oxygen atoms in total. The molecule has 2 amide bonds. The molecule has 0 spiro atoms. The molecule has 0 saturated heterocycles. The van der Waals surface area contributed by atoms with Gasteiger partial charge in [0, 0.05) is 0 Å². The number of rotatable bonds is 4. The molecular formula is C12H13F3N2O3. The minimum Gasteiger partial charge on any atom is -0.480 e. The van der Waals surface area contributed by atoms with E-state index in [0.717, 1.165) is 12.1 Å². The normalized spacial score (nSPS) is 12.6. The molecule has 0 aromatic heterocycles. The van der Waals surface area contributed by atoms with Crippen molar-refractivity contribution < 1.29 is 27.9 Å². The van der Waals surface area contributed by atoms with Crippen LogP contribution in [0.25, 0.3) is 0 Å². The fraction of sp³-hybridized carbons (Fsp3) is 0.333. The van der Waals surface area contributed by atoms with Crippen molar-refractivity contribution in [3.05, 3.63) is 29.8 Å². The first-order valence-electron chi connectivity index (χ1n) is 5.72. The zero-order valence-corrected chi connectivity index (χ0v) is 10.5. The average Bonchev–Trinajstić information content (AvgIpc) is 2.35. The van der Waals surface area contributed by atoms with Gasteiger partial charge >= 0.3 is 18.2 Å². The number of anilines is 1. The molecule has 0 fully saturated rings. The zero-order valence-electron chi connectivity index (χ0n) is 10.5. The number of hydrogen-bond acceptors (Lipinski definition) is 2. The first kappa shape index (κ1) is 15.8. The number of carboxylic acids is 1. The second-order valence-corrected chi connectivity index (χ2v) is 3.94. The van der Waals surface area contributed by atoms with Gasteiger partial charge in [-0.1, -0.05) is 19.1 Å². The molecule has 1 rings (SSSR count). The molecule has 3 N–H and O–H groups in total. The highest BCUT2D eigenvalue weighted by molar-refractivity contribution is 5.92. The average molecular weight is 290 g/mol. The molecule has 0 aliphatic carbocycles. The monoisotopic (exact) mass is 290 g/mol. The Morgan fingerprint density at radius 3 is 2.40 bits per heavy atom. The number of carbonyl (C=O) groups excluding carboxylic acids is 1. The summed E-state index contributed by atoms with van der Waals surface area (Å²) in [5, 5.41) is 12.8. The van der Waals surface area contributed by atoms with Crippen LogP contribution >= 0.6 is 0 Å². The minimum absolute atomic E-state index is 0.115. The van der Waals surface area contributed by atoms with E-state index in [1.54, 1.807) is 0 Å². The van der Waals surface area contributed by atoms with Crippen molar-refractivity contribution in [2.45, 2.75) is 25.6 Å². The van der Waals surface area contributed by atoms with Crippen LogP contribution in [0.15, 0.2) is 24.3 Å². The third-order valence-electron chi connectivity index (χ3n) is 2.49. The van der Waals surface area contributed by atoms with Crippen molar-refractivity contribution in [1.29, 1.82) is 0 Å². The SMILES string of the molecule is CC[C@@H](NC(=O)Nc1ccccc1C(F)(F)F)C(=O)O. The summed E-state index contributed by atoms with van der Waals surface area (Å²) in [5.41, 5.74) is -1.43. The Hall–Kier alpha value is -2.25. The third-order valence-corrected chi connectivity index (χ3v) is 2.49. The van der Waals surface area contributed by atoms with Crippen molar-refractivity contribution >= 4 is 17.7 Å². The van der Waals surface area contributed by atoms with E-state index in [1.165, 1.54) is 19.1 Å². The van der Waals surface area contributed by atoms with Crippen molar-refractivity contribution in [3.63, 3.8) is 0 Å². The van der Waals surface area contributed by atoms with Crippen LogP contribution in [0.5, 0.6) is 0 Å². The summed E-state index contributed by atoms with van der Waals surface area (Å²) in [4.78, 5) is 22.2. The molecule has 110 valence electrons. The van der Waals surface area contributed by atoms with Crippen LogP contribution in [-0.2, 0) is 11.0 Å². The van der Waals surface area contributed by atoms with E-state index in [2.05, 4.69) is 5.32 Å². The van der Waals surface area contributed by atoms with Crippen molar-refractivity contribution in [2.75, 3.05) is 5.32 Å². The largest absolute Gasteiger partial charge is 0.480 e. The second-order valence-electron chi connectivity index (χ2n) is 3.94. The number of halogens is 3. The molecular weight excluding hydrogens is 277 g/mol. The summed E-state index contributed by atoms with van der Waals surface area (Å²) in [6, 6.07) is 2.27. The zero-order chi connectivity index (χ0) is 15.3. The maximum absolute atomic E-state index is 12.7. The lowest BCUT2D eigenvalue weighted by molar-refractivity contribution is -0.139. The fourth-order valence-corrected chi connectivity index (χ4v) is 1.49. The second kappa shape index (κ2) is 6.27. The topological polar surface area (TPSA) is 78.4 Å². The van der Waals surface area contributed by atoms with Crippen LogP contribution in [0.2, 0.25) is 0 Å². The molecule has 0 radical (unpaired) electrons. The Balaban J connectivity index is 2.84. The van der Waals surface area contributed by atoms with E-state index in [0.29, 0.717) is 0 Å². The van der Waals surface area contributed by atoms with Crippen LogP contribution in [0, 0.1) is 0 Å². The highest BCUT2D eigenvalue weighted by atomic mass is 19.4. The number of alkyl halides is 3. The van der Waals surface area contributed by atoms with Crippen LogP contribution in [0.3, 0.4) is 0 Å². The number of aliphatic carboxylic acids is 1. The Morgan fingerprint density at radius 2 is 1.90 bits per heavy atom. The van der Waals surface area contributed by atoms with Gasteiger partial charge in [0.05, 0.1) is 11.3 Å². The molecule has 0 bridgehead atoms. The molecule has 1 aromatic rings. The molecule has 0 unspecified atom stereocenters. The molecule has 0 aliphatic heterocycles. The number of carboxylic acid groups (broad SMARTS) is 1. The molecule has 0 aliphatic rings. The van der Waals surface area contributed by atoms with Crippen LogP contribution < -0.4 is 10.6 Å². The number of benzene rings is 1.